The van der Waals surface area contributed by atoms with E-state index in [1.165, 1.54) is 105 Å². The summed E-state index contributed by atoms with van der Waals surface area (Å²) in [4.78, 5) is 9.86. The second kappa shape index (κ2) is 20.3. The number of aromatic nitrogens is 4. The van der Waals surface area contributed by atoms with Crippen molar-refractivity contribution in [2.24, 2.45) is 5.73 Å². The maximum Gasteiger partial charge on any atom is 0.204 e. The van der Waals surface area contributed by atoms with Crippen LogP contribution in [0.5, 0.6) is 0 Å². The highest BCUT2D eigenvalue weighted by Gasteiger charge is 2.19. The molecular weight excluding hydrogens is 740 g/mol. The fourth-order valence-corrected chi connectivity index (χ4v) is 8.71. The number of nitrogens with one attached hydrogen (secondary N) is 1. The molecule has 0 spiro atoms. The lowest BCUT2D eigenvalue weighted by atomic mass is 9.93. The first-order valence-corrected chi connectivity index (χ1v) is 21.3. The SMILES string of the molecule is CCCCCN.CCCCCNc1nc2c(-c3c(C)cc(C)cc3C)cccc2n1C(C)C.Cc1cc(C)c(-c2cccc3c2nc(Br)n3C(C)C)c(C)c1. The van der Waals surface area contributed by atoms with Gasteiger partial charge in [-0.05, 0) is 150 Å². The van der Waals surface area contributed by atoms with Gasteiger partial charge in [0.2, 0.25) is 5.95 Å². The molecule has 0 amide bonds. The Morgan fingerprint density at radius 2 is 1.05 bits per heavy atom. The van der Waals surface area contributed by atoms with Crippen molar-refractivity contribution in [2.75, 3.05) is 18.4 Å². The lowest BCUT2D eigenvalue weighted by molar-refractivity contribution is 0.604. The molecule has 0 unspecified atom stereocenters. The summed E-state index contributed by atoms with van der Waals surface area (Å²) in [7, 11) is 0. The van der Waals surface area contributed by atoms with E-state index in [0.717, 1.165) is 34.8 Å². The van der Waals surface area contributed by atoms with Crippen LogP contribution >= 0.6 is 15.9 Å². The van der Waals surface area contributed by atoms with Gasteiger partial charge in [0.15, 0.2) is 4.73 Å². The molecule has 0 aliphatic carbocycles. The maximum atomic E-state index is 5.21. The molecule has 6 nitrogen and oxygen atoms in total. The number of halogens is 1. The number of nitrogens with two attached hydrogens (primary N) is 1. The van der Waals surface area contributed by atoms with Gasteiger partial charge in [0, 0.05) is 29.8 Å². The second-order valence-electron chi connectivity index (χ2n) is 15.8. The van der Waals surface area contributed by atoms with Crippen LogP contribution in [0.3, 0.4) is 0 Å². The first-order valence-electron chi connectivity index (χ1n) is 20.5. The Kier molecular flexibility index (Phi) is 16.2. The minimum Gasteiger partial charge on any atom is -0.356 e. The number of fused-ring (bicyclic) bond motifs is 2. The van der Waals surface area contributed by atoms with Gasteiger partial charge in [-0.15, -0.1) is 0 Å². The van der Waals surface area contributed by atoms with Gasteiger partial charge in [0.25, 0.3) is 0 Å². The van der Waals surface area contributed by atoms with Crippen molar-refractivity contribution in [3.63, 3.8) is 0 Å². The second-order valence-corrected chi connectivity index (χ2v) is 16.5. The first kappa shape index (κ1) is 43.8. The zero-order chi connectivity index (χ0) is 40.4. The molecule has 6 aromatic rings. The molecular formula is C48H67BrN6. The third kappa shape index (κ3) is 10.5. The Morgan fingerprint density at radius 3 is 1.47 bits per heavy atom. The van der Waals surface area contributed by atoms with Crippen LogP contribution in [-0.2, 0) is 0 Å². The minimum atomic E-state index is 0.360. The van der Waals surface area contributed by atoms with Crippen molar-refractivity contribution < 1.29 is 0 Å². The van der Waals surface area contributed by atoms with E-state index < -0.39 is 0 Å². The number of hydrogen-bond donors (Lipinski definition) is 2. The van der Waals surface area contributed by atoms with E-state index in [0.29, 0.717) is 12.1 Å². The lowest BCUT2D eigenvalue weighted by Gasteiger charge is -2.15. The van der Waals surface area contributed by atoms with Gasteiger partial charge in [0.05, 0.1) is 22.1 Å². The number of imidazole rings is 2. The Hall–Kier alpha value is -3.94. The average molecular weight is 808 g/mol. The third-order valence-electron chi connectivity index (χ3n) is 10.2. The quantitative estimate of drug-likeness (QED) is 0.121. The molecule has 3 N–H and O–H groups in total. The summed E-state index contributed by atoms with van der Waals surface area (Å²) >= 11 is 3.62. The van der Waals surface area contributed by atoms with E-state index in [4.69, 9.17) is 15.7 Å². The largest absolute Gasteiger partial charge is 0.356 e. The zero-order valence-electron chi connectivity index (χ0n) is 35.8. The highest BCUT2D eigenvalue weighted by molar-refractivity contribution is 9.10. The van der Waals surface area contributed by atoms with Crippen LogP contribution in [0, 0.1) is 41.5 Å². The Morgan fingerprint density at radius 1 is 0.618 bits per heavy atom. The van der Waals surface area contributed by atoms with Crippen LogP contribution in [0.15, 0.2) is 65.4 Å². The van der Waals surface area contributed by atoms with Crippen molar-refractivity contribution in [3.8, 4) is 22.3 Å². The number of anilines is 1. The summed E-state index contributed by atoms with van der Waals surface area (Å²) in [5.74, 6) is 0.992. The molecule has 0 saturated carbocycles. The molecule has 0 fully saturated rings. The van der Waals surface area contributed by atoms with Crippen LogP contribution in [0.4, 0.5) is 5.95 Å². The van der Waals surface area contributed by atoms with Crippen LogP contribution in [-0.4, -0.2) is 32.2 Å². The summed E-state index contributed by atoms with van der Waals surface area (Å²) in [6.45, 7) is 28.2. The predicted molar refractivity (Wildman–Crippen MR) is 244 cm³/mol. The minimum absolute atomic E-state index is 0.360. The number of rotatable bonds is 12. The molecule has 7 heteroatoms. The van der Waals surface area contributed by atoms with Crippen LogP contribution in [0.25, 0.3) is 44.3 Å². The molecule has 0 bridgehead atoms. The lowest BCUT2D eigenvalue weighted by Crippen LogP contribution is -2.10. The topological polar surface area (TPSA) is 73.7 Å². The number of nitrogens with zero attached hydrogens (tertiary/aromatic N) is 4. The molecule has 0 atom stereocenters. The zero-order valence-corrected chi connectivity index (χ0v) is 37.4. The number of unbranched alkanes of at least 4 members (excludes halogenated alkanes) is 4. The third-order valence-corrected chi connectivity index (χ3v) is 10.8. The van der Waals surface area contributed by atoms with Gasteiger partial charge >= 0.3 is 0 Å². The maximum absolute atomic E-state index is 5.21. The average Bonchev–Trinajstić information content (AvgIpc) is 3.67. The fourth-order valence-electron chi connectivity index (χ4n) is 7.93. The van der Waals surface area contributed by atoms with Gasteiger partial charge in [-0.2, -0.15) is 0 Å². The van der Waals surface area contributed by atoms with Crippen molar-refractivity contribution in [2.45, 2.75) is 134 Å². The Bertz CT molecular complexity index is 2120. The Balaban J connectivity index is 0.000000216. The van der Waals surface area contributed by atoms with Crippen LogP contribution < -0.4 is 11.1 Å². The number of para-hydroxylation sites is 2. The van der Waals surface area contributed by atoms with E-state index in [1.807, 2.05) is 0 Å². The normalized spacial score (nSPS) is 11.3. The molecule has 2 heterocycles. The summed E-state index contributed by atoms with van der Waals surface area (Å²) in [5, 5.41) is 3.59. The highest BCUT2D eigenvalue weighted by atomic mass is 79.9. The highest BCUT2D eigenvalue weighted by Crippen LogP contribution is 2.37. The molecule has 296 valence electrons. The van der Waals surface area contributed by atoms with E-state index in [-0.39, 0.29) is 0 Å². The fraction of sp³-hybridized carbons (Fsp3) is 0.458. The summed E-state index contributed by atoms with van der Waals surface area (Å²) in [6, 6.07) is 22.8. The van der Waals surface area contributed by atoms with Crippen molar-refractivity contribution in [1.29, 1.82) is 0 Å². The van der Waals surface area contributed by atoms with E-state index >= 15 is 0 Å². The van der Waals surface area contributed by atoms with Gasteiger partial charge < -0.3 is 20.2 Å². The van der Waals surface area contributed by atoms with Gasteiger partial charge in [-0.3, -0.25) is 0 Å². The standard InChI is InChI=1S/C24H33N3.C19H21BrN2.C5H13N/c1-7-8-9-13-25-24-26-23-20(11-10-12-21(23)27(24)16(2)3)22-18(5)14-17(4)15-19(22)6;1-11(2)22-16-8-6-7-15(18(16)21-19(22)20)17-13(4)9-12(3)10-14(17)5;1-2-3-4-5-6/h10-12,14-16H,7-9,13H2,1-6H3,(H,25,26);6-11H,1-5H3;2-6H2,1H3. The smallest absolute Gasteiger partial charge is 0.204 e. The van der Waals surface area contributed by atoms with Crippen LogP contribution in [0.2, 0.25) is 0 Å². The van der Waals surface area contributed by atoms with Gasteiger partial charge in [-0.1, -0.05) is 99.2 Å². The van der Waals surface area contributed by atoms with Gasteiger partial charge in [-0.25, -0.2) is 9.97 Å². The van der Waals surface area contributed by atoms with Crippen LogP contribution in [0.1, 0.15) is 126 Å². The molecule has 6 rings (SSSR count). The van der Waals surface area contributed by atoms with Gasteiger partial charge in [0.1, 0.15) is 0 Å². The molecule has 55 heavy (non-hydrogen) atoms. The number of benzene rings is 4. The van der Waals surface area contributed by atoms with Crippen molar-refractivity contribution >= 4 is 43.9 Å². The molecule has 0 aliphatic heterocycles. The summed E-state index contributed by atoms with van der Waals surface area (Å²) in [6.07, 6.45) is 7.42. The summed E-state index contributed by atoms with van der Waals surface area (Å²) in [5.41, 5.74) is 22.7. The van der Waals surface area contributed by atoms with Crippen molar-refractivity contribution in [1.82, 2.24) is 19.1 Å². The Labute approximate surface area is 340 Å². The monoisotopic (exact) mass is 806 g/mol. The first-order chi connectivity index (χ1) is 26.2. The molecule has 0 saturated heterocycles. The number of aryl methyl sites for hydroxylation is 6. The number of hydrogen-bond acceptors (Lipinski definition) is 4. The van der Waals surface area contributed by atoms with E-state index in [2.05, 4.69) is 174 Å². The summed E-state index contributed by atoms with van der Waals surface area (Å²) < 4.78 is 5.47. The molecule has 2 aromatic heterocycles. The molecule has 4 aromatic carbocycles. The predicted octanol–water partition coefficient (Wildman–Crippen LogP) is 13.9. The van der Waals surface area contributed by atoms with Crippen molar-refractivity contribution in [3.05, 3.63) is 98.8 Å². The van der Waals surface area contributed by atoms with E-state index in [1.54, 1.807) is 0 Å². The molecule has 0 radical (unpaired) electrons. The molecule has 0 aliphatic rings. The van der Waals surface area contributed by atoms with E-state index in [9.17, 15) is 0 Å².